The third-order valence-corrected chi connectivity index (χ3v) is 5.88. The highest BCUT2D eigenvalue weighted by atomic mass is 127. The van der Waals surface area contributed by atoms with Gasteiger partial charge < -0.3 is 0 Å². The molecule has 0 aromatic heterocycles. The summed E-state index contributed by atoms with van der Waals surface area (Å²) in [5.41, 5.74) is 1.26. The van der Waals surface area contributed by atoms with Gasteiger partial charge in [-0.2, -0.15) is 0 Å². The molecule has 0 aliphatic carbocycles. The van der Waals surface area contributed by atoms with E-state index < -0.39 is 20.0 Å². The van der Waals surface area contributed by atoms with Crippen molar-refractivity contribution in [2.75, 3.05) is 4.72 Å². The molecule has 0 fully saturated rings. The molecular weight excluding hydrogens is 439 g/mol. The first-order chi connectivity index (χ1) is 10.1. The van der Waals surface area contributed by atoms with Crippen LogP contribution in [0, 0.1) is 10.5 Å². The van der Waals surface area contributed by atoms with Gasteiger partial charge in [0.25, 0.3) is 10.0 Å². The lowest BCUT2D eigenvalue weighted by molar-refractivity contribution is 0.595. The Kier molecular flexibility index (Phi) is 4.80. The quantitative estimate of drug-likeness (QED) is 0.693. The predicted octanol–water partition coefficient (Wildman–Crippen LogP) is 2.05. The van der Waals surface area contributed by atoms with Crippen LogP contribution in [0.25, 0.3) is 0 Å². The minimum absolute atomic E-state index is 0.0437. The number of nitrogens with two attached hydrogens (primary N) is 1. The highest BCUT2D eigenvalue weighted by molar-refractivity contribution is 14.1. The van der Waals surface area contributed by atoms with Crippen LogP contribution in [0.1, 0.15) is 5.56 Å². The van der Waals surface area contributed by atoms with Crippen molar-refractivity contribution < 1.29 is 16.8 Å². The number of hydrogen-bond acceptors (Lipinski definition) is 4. The molecule has 0 atom stereocenters. The highest BCUT2D eigenvalue weighted by Crippen LogP contribution is 2.22. The van der Waals surface area contributed by atoms with E-state index in [2.05, 4.69) is 27.3 Å². The molecule has 22 heavy (non-hydrogen) atoms. The molecule has 0 bridgehead atoms. The zero-order valence-electron chi connectivity index (χ0n) is 11.4. The topological polar surface area (TPSA) is 106 Å². The van der Waals surface area contributed by atoms with E-state index in [4.69, 9.17) is 5.14 Å². The Hall–Kier alpha value is -1.17. The van der Waals surface area contributed by atoms with Gasteiger partial charge in [-0.25, -0.2) is 22.0 Å². The van der Waals surface area contributed by atoms with Gasteiger partial charge in [0, 0.05) is 3.57 Å². The Labute approximate surface area is 143 Å². The molecule has 2 rings (SSSR count). The van der Waals surface area contributed by atoms with Crippen molar-refractivity contribution in [1.82, 2.24) is 0 Å². The Balaban J connectivity index is 2.34. The zero-order valence-corrected chi connectivity index (χ0v) is 15.2. The van der Waals surface area contributed by atoms with Crippen LogP contribution in [0.5, 0.6) is 0 Å². The fourth-order valence-electron chi connectivity index (χ4n) is 1.75. The van der Waals surface area contributed by atoms with E-state index in [0.29, 0.717) is 5.69 Å². The molecule has 0 saturated heterocycles. The van der Waals surface area contributed by atoms with Crippen LogP contribution in [0.3, 0.4) is 0 Å². The molecule has 0 aliphatic heterocycles. The Bertz CT molecular complexity index is 908. The zero-order chi connectivity index (χ0) is 16.5. The smallest absolute Gasteiger partial charge is 0.261 e. The Morgan fingerprint density at radius 3 is 2.00 bits per heavy atom. The van der Waals surface area contributed by atoms with E-state index in [1.165, 1.54) is 12.1 Å². The fourth-order valence-corrected chi connectivity index (χ4v) is 4.05. The number of halogens is 1. The van der Waals surface area contributed by atoms with Crippen molar-refractivity contribution in [3.05, 3.63) is 51.6 Å². The normalized spacial score (nSPS) is 12.1. The maximum Gasteiger partial charge on any atom is 0.261 e. The van der Waals surface area contributed by atoms with Crippen LogP contribution in [0.2, 0.25) is 0 Å². The van der Waals surface area contributed by atoms with Crippen LogP contribution in [0.15, 0.2) is 52.3 Å². The monoisotopic (exact) mass is 452 g/mol. The number of benzene rings is 2. The third kappa shape index (κ3) is 3.97. The Morgan fingerprint density at radius 1 is 0.955 bits per heavy atom. The van der Waals surface area contributed by atoms with Crippen molar-refractivity contribution >= 4 is 48.3 Å². The van der Waals surface area contributed by atoms with Gasteiger partial charge in [-0.05, 0) is 77.5 Å². The first kappa shape index (κ1) is 17.2. The summed E-state index contributed by atoms with van der Waals surface area (Å²) in [5, 5.41) is 4.98. The summed E-state index contributed by atoms with van der Waals surface area (Å²) in [7, 11) is -7.65. The summed E-state index contributed by atoms with van der Waals surface area (Å²) in [4.78, 5) is -0.185. The molecule has 0 spiro atoms. The fraction of sp³-hybridized carbons (Fsp3) is 0.0769. The largest absolute Gasteiger partial charge is 0.279 e. The van der Waals surface area contributed by atoms with Crippen LogP contribution in [-0.2, 0) is 20.0 Å². The molecular formula is C13H13IN2O4S2. The van der Waals surface area contributed by atoms with Crippen molar-refractivity contribution in [3.63, 3.8) is 0 Å². The molecule has 3 N–H and O–H groups in total. The average molecular weight is 452 g/mol. The summed E-state index contributed by atoms with van der Waals surface area (Å²) in [6.45, 7) is 1.80. The van der Waals surface area contributed by atoms with Gasteiger partial charge in [-0.1, -0.05) is 0 Å². The molecule has 9 heteroatoms. The van der Waals surface area contributed by atoms with E-state index in [1.807, 2.05) is 6.07 Å². The third-order valence-electron chi connectivity index (χ3n) is 2.90. The lowest BCUT2D eigenvalue weighted by atomic mass is 10.2. The van der Waals surface area contributed by atoms with E-state index in [9.17, 15) is 16.8 Å². The van der Waals surface area contributed by atoms with Crippen molar-refractivity contribution in [1.29, 1.82) is 0 Å². The molecule has 0 amide bonds. The molecule has 0 heterocycles. The minimum Gasteiger partial charge on any atom is -0.279 e. The lowest BCUT2D eigenvalue weighted by Crippen LogP contribution is -2.15. The van der Waals surface area contributed by atoms with Crippen molar-refractivity contribution in [2.24, 2.45) is 5.14 Å². The highest BCUT2D eigenvalue weighted by Gasteiger charge is 2.16. The molecule has 0 saturated carbocycles. The van der Waals surface area contributed by atoms with Gasteiger partial charge in [-0.15, -0.1) is 0 Å². The second-order valence-corrected chi connectivity index (χ2v) is 9.07. The van der Waals surface area contributed by atoms with Gasteiger partial charge in [0.2, 0.25) is 10.0 Å². The first-order valence-corrected chi connectivity index (χ1v) is 10.1. The van der Waals surface area contributed by atoms with Crippen molar-refractivity contribution in [3.8, 4) is 0 Å². The summed E-state index contributed by atoms with van der Waals surface area (Å²) < 4.78 is 50.4. The standard InChI is InChI=1S/C13H13IN2O4S2/c1-9-8-10(14)2-7-13(9)16-22(19,20)12-5-3-11(4-6-12)21(15,17)18/h2-8,16H,1H3,(H2,15,17,18). The van der Waals surface area contributed by atoms with Gasteiger partial charge in [-0.3, -0.25) is 4.72 Å². The summed E-state index contributed by atoms with van der Waals surface area (Å²) in [6.07, 6.45) is 0. The maximum atomic E-state index is 12.3. The molecule has 2 aromatic carbocycles. The van der Waals surface area contributed by atoms with Crippen LogP contribution in [0.4, 0.5) is 5.69 Å². The number of hydrogen-bond donors (Lipinski definition) is 2. The number of primary sulfonamides is 1. The van der Waals surface area contributed by atoms with E-state index in [-0.39, 0.29) is 9.79 Å². The number of rotatable bonds is 4. The minimum atomic E-state index is -3.85. The summed E-state index contributed by atoms with van der Waals surface area (Å²) in [5.74, 6) is 0. The first-order valence-electron chi connectivity index (χ1n) is 6.01. The van der Waals surface area contributed by atoms with Gasteiger partial charge in [0.05, 0.1) is 15.5 Å². The molecule has 0 unspecified atom stereocenters. The Morgan fingerprint density at radius 2 is 1.50 bits per heavy atom. The average Bonchev–Trinajstić information content (AvgIpc) is 2.41. The SMILES string of the molecule is Cc1cc(I)ccc1NS(=O)(=O)c1ccc(S(N)(=O)=O)cc1. The number of aryl methyl sites for hydroxylation is 1. The van der Waals surface area contributed by atoms with Crippen molar-refractivity contribution in [2.45, 2.75) is 16.7 Å². The predicted molar refractivity (Wildman–Crippen MR) is 92.5 cm³/mol. The summed E-state index contributed by atoms with van der Waals surface area (Å²) >= 11 is 2.14. The maximum absolute atomic E-state index is 12.3. The van der Waals surface area contributed by atoms with Gasteiger partial charge in [0.1, 0.15) is 0 Å². The van der Waals surface area contributed by atoms with Crippen LogP contribution < -0.4 is 9.86 Å². The van der Waals surface area contributed by atoms with Crippen LogP contribution in [-0.4, -0.2) is 16.8 Å². The number of nitrogens with one attached hydrogen (secondary N) is 1. The molecule has 6 nitrogen and oxygen atoms in total. The van der Waals surface area contributed by atoms with E-state index in [0.717, 1.165) is 21.3 Å². The number of anilines is 1. The second-order valence-electron chi connectivity index (χ2n) is 4.58. The molecule has 0 aliphatic rings. The van der Waals surface area contributed by atoms with Gasteiger partial charge >= 0.3 is 0 Å². The van der Waals surface area contributed by atoms with Gasteiger partial charge in [0.15, 0.2) is 0 Å². The summed E-state index contributed by atoms with van der Waals surface area (Å²) in [6, 6.07) is 10.0. The molecule has 2 aromatic rings. The molecule has 118 valence electrons. The van der Waals surface area contributed by atoms with E-state index in [1.54, 1.807) is 19.1 Å². The second kappa shape index (κ2) is 6.14. The number of sulfonamides is 2. The van der Waals surface area contributed by atoms with Crippen LogP contribution >= 0.6 is 22.6 Å². The molecule has 0 radical (unpaired) electrons. The lowest BCUT2D eigenvalue weighted by Gasteiger charge is -2.11. The van der Waals surface area contributed by atoms with E-state index >= 15 is 0 Å².